The second-order valence-corrected chi connectivity index (χ2v) is 6.60. The highest BCUT2D eigenvalue weighted by atomic mass is 19.3. The third-order valence-electron chi connectivity index (χ3n) is 4.27. The highest BCUT2D eigenvalue weighted by molar-refractivity contribution is 5.92. The minimum absolute atomic E-state index is 0.0864. The van der Waals surface area contributed by atoms with Gasteiger partial charge in [0.05, 0.1) is 12.5 Å². The first-order valence-electron chi connectivity index (χ1n) is 8.94. The van der Waals surface area contributed by atoms with Crippen LogP contribution in [-0.4, -0.2) is 39.7 Å². The number of nitrogens with one attached hydrogen (secondary N) is 1. The number of carbonyl (C=O) groups excluding carboxylic acids is 2. The van der Waals surface area contributed by atoms with Crippen molar-refractivity contribution in [1.82, 2.24) is 20.3 Å². The molecule has 0 saturated heterocycles. The maximum Gasteiger partial charge on any atom is 0.272 e. The van der Waals surface area contributed by atoms with Gasteiger partial charge in [-0.2, -0.15) is 0 Å². The van der Waals surface area contributed by atoms with Gasteiger partial charge in [0.25, 0.3) is 12.3 Å². The predicted octanol–water partition coefficient (Wildman–Crippen LogP) is 2.53. The lowest BCUT2D eigenvalue weighted by Gasteiger charge is -2.14. The molecule has 0 aromatic carbocycles. The van der Waals surface area contributed by atoms with Crippen LogP contribution in [0.5, 0.6) is 5.88 Å². The van der Waals surface area contributed by atoms with Crippen molar-refractivity contribution in [2.24, 2.45) is 5.92 Å². The zero-order valence-corrected chi connectivity index (χ0v) is 15.3. The van der Waals surface area contributed by atoms with Gasteiger partial charge in [-0.25, -0.2) is 23.7 Å². The number of hydrogen-bond donors (Lipinski definition) is 1. The van der Waals surface area contributed by atoms with E-state index in [1.54, 1.807) is 13.0 Å². The molecule has 0 bridgehead atoms. The lowest BCUT2D eigenvalue weighted by Crippen LogP contribution is -2.28. The van der Waals surface area contributed by atoms with Gasteiger partial charge in [0, 0.05) is 24.4 Å². The number of nitrogens with zero attached hydrogens (tertiary/aromatic N) is 3. The first-order valence-corrected chi connectivity index (χ1v) is 8.94. The van der Waals surface area contributed by atoms with Crippen molar-refractivity contribution in [3.63, 3.8) is 0 Å². The van der Waals surface area contributed by atoms with Crippen LogP contribution in [0.2, 0.25) is 0 Å². The molecular formula is C19H20F2N4O3. The number of amides is 1. The van der Waals surface area contributed by atoms with E-state index >= 15 is 0 Å². The number of hydrogen-bond acceptors (Lipinski definition) is 6. The largest absolute Gasteiger partial charge is 0.472 e. The molecule has 0 radical (unpaired) electrons. The van der Waals surface area contributed by atoms with Gasteiger partial charge >= 0.3 is 0 Å². The molecule has 1 N–H and O–H groups in total. The molecule has 9 heteroatoms. The highest BCUT2D eigenvalue weighted by Gasteiger charge is 2.29. The van der Waals surface area contributed by atoms with Crippen LogP contribution in [0.25, 0.3) is 0 Å². The van der Waals surface area contributed by atoms with Crippen molar-refractivity contribution in [3.05, 3.63) is 47.7 Å². The van der Waals surface area contributed by atoms with Gasteiger partial charge in [-0.15, -0.1) is 0 Å². The number of Topliss-reactive ketones (excluding diaryl/α,β-unsaturated/α-hetero) is 1. The highest BCUT2D eigenvalue weighted by Crippen LogP contribution is 2.30. The summed E-state index contributed by atoms with van der Waals surface area (Å²) in [7, 11) is 0. The van der Waals surface area contributed by atoms with Crippen molar-refractivity contribution >= 4 is 11.7 Å². The molecule has 1 amide bonds. The van der Waals surface area contributed by atoms with Crippen LogP contribution in [0.1, 0.15) is 47.7 Å². The molecule has 0 aliphatic heterocycles. The van der Waals surface area contributed by atoms with E-state index in [9.17, 15) is 18.4 Å². The predicted molar refractivity (Wildman–Crippen MR) is 95.1 cm³/mol. The lowest BCUT2D eigenvalue weighted by atomic mass is 10.1. The third-order valence-corrected chi connectivity index (χ3v) is 4.27. The molecule has 148 valence electrons. The van der Waals surface area contributed by atoms with E-state index in [-0.39, 0.29) is 29.7 Å². The summed E-state index contributed by atoms with van der Waals surface area (Å²) in [5.41, 5.74) is 0.848. The smallest absolute Gasteiger partial charge is 0.272 e. The fraction of sp³-hybridized carbons (Fsp3) is 0.421. The van der Waals surface area contributed by atoms with Gasteiger partial charge in [0.1, 0.15) is 17.3 Å². The van der Waals surface area contributed by atoms with Crippen LogP contribution in [-0.2, 0) is 11.2 Å². The van der Waals surface area contributed by atoms with Crippen molar-refractivity contribution in [3.8, 4) is 5.88 Å². The fourth-order valence-corrected chi connectivity index (χ4v) is 2.55. The van der Waals surface area contributed by atoms with E-state index in [0.717, 1.165) is 12.8 Å². The molecule has 1 aliphatic rings. The van der Waals surface area contributed by atoms with E-state index in [4.69, 9.17) is 4.74 Å². The molecule has 28 heavy (non-hydrogen) atoms. The van der Waals surface area contributed by atoms with E-state index in [1.165, 1.54) is 24.5 Å². The number of rotatable bonds is 9. The Morgan fingerprint density at radius 3 is 2.68 bits per heavy atom. The van der Waals surface area contributed by atoms with Gasteiger partial charge in [0.15, 0.2) is 6.61 Å². The van der Waals surface area contributed by atoms with Gasteiger partial charge in [-0.1, -0.05) is 6.07 Å². The Bertz CT molecular complexity index is 841. The minimum Gasteiger partial charge on any atom is -0.472 e. The fourth-order valence-electron chi connectivity index (χ4n) is 2.55. The van der Waals surface area contributed by atoms with E-state index in [1.807, 2.05) is 0 Å². The van der Waals surface area contributed by atoms with Gasteiger partial charge in [-0.3, -0.25) is 9.59 Å². The SMILES string of the molecule is CC(NC(=O)c1ccnc(CC(=O)C2CC2)n1)c1ccc(OCC(F)F)nc1. The van der Waals surface area contributed by atoms with E-state index in [2.05, 4.69) is 20.3 Å². The molecular weight excluding hydrogens is 370 g/mol. The topological polar surface area (TPSA) is 94.1 Å². The second kappa shape index (κ2) is 8.81. The van der Waals surface area contributed by atoms with Crippen molar-refractivity contribution < 1.29 is 23.1 Å². The van der Waals surface area contributed by atoms with E-state index in [0.29, 0.717) is 11.4 Å². The Hall–Kier alpha value is -2.97. The normalized spacial score (nSPS) is 14.6. The Balaban J connectivity index is 1.58. The number of alkyl halides is 2. The Morgan fingerprint density at radius 1 is 1.25 bits per heavy atom. The summed E-state index contributed by atoms with van der Waals surface area (Å²) in [4.78, 5) is 36.5. The monoisotopic (exact) mass is 390 g/mol. The third kappa shape index (κ3) is 5.51. The molecule has 2 aromatic rings. The standard InChI is InChI=1S/C19H20F2N4O3/c1-11(13-4-5-18(23-9-13)28-10-16(20)21)24-19(27)14-6-7-22-17(25-14)8-15(26)12-2-3-12/h4-7,9,11-12,16H,2-3,8,10H2,1H3,(H,24,27). The second-order valence-electron chi connectivity index (χ2n) is 6.60. The zero-order chi connectivity index (χ0) is 20.1. The molecule has 1 atom stereocenters. The molecule has 1 fully saturated rings. The number of halogens is 2. The zero-order valence-electron chi connectivity index (χ0n) is 15.3. The number of aromatic nitrogens is 3. The summed E-state index contributed by atoms with van der Waals surface area (Å²) in [6, 6.07) is 4.19. The van der Waals surface area contributed by atoms with Gasteiger partial charge in [-0.05, 0) is 31.4 Å². The summed E-state index contributed by atoms with van der Waals surface area (Å²) < 4.78 is 29.1. The van der Waals surface area contributed by atoms with Crippen molar-refractivity contribution in [2.75, 3.05) is 6.61 Å². The maximum absolute atomic E-state index is 12.4. The molecule has 7 nitrogen and oxygen atoms in total. The minimum atomic E-state index is -2.57. The number of ketones is 1. The molecule has 1 unspecified atom stereocenters. The van der Waals surface area contributed by atoms with E-state index < -0.39 is 25.0 Å². The van der Waals surface area contributed by atoms with Gasteiger partial charge in [0.2, 0.25) is 5.88 Å². The van der Waals surface area contributed by atoms with Crippen LogP contribution in [0, 0.1) is 5.92 Å². The average Bonchev–Trinajstić information content (AvgIpc) is 3.52. The van der Waals surface area contributed by atoms with Gasteiger partial charge < -0.3 is 10.1 Å². The maximum atomic E-state index is 12.4. The van der Waals surface area contributed by atoms with Crippen LogP contribution >= 0.6 is 0 Å². The van der Waals surface area contributed by atoms with Crippen molar-refractivity contribution in [1.29, 1.82) is 0 Å². The van der Waals surface area contributed by atoms with Crippen LogP contribution in [0.4, 0.5) is 8.78 Å². The summed E-state index contributed by atoms with van der Waals surface area (Å²) in [6.07, 6.45) is 2.29. The van der Waals surface area contributed by atoms with Crippen molar-refractivity contribution in [2.45, 2.75) is 38.7 Å². The molecule has 0 spiro atoms. The summed E-state index contributed by atoms with van der Waals surface area (Å²) in [6.45, 7) is 1.03. The van der Waals surface area contributed by atoms with Crippen LogP contribution in [0.3, 0.4) is 0 Å². The van der Waals surface area contributed by atoms with Crippen LogP contribution < -0.4 is 10.1 Å². The van der Waals surface area contributed by atoms with Crippen LogP contribution in [0.15, 0.2) is 30.6 Å². The Labute approximate surface area is 160 Å². The summed E-state index contributed by atoms with van der Waals surface area (Å²) in [5.74, 6) is 0.225. The lowest BCUT2D eigenvalue weighted by molar-refractivity contribution is -0.119. The summed E-state index contributed by atoms with van der Waals surface area (Å²) in [5, 5.41) is 2.78. The first kappa shape index (κ1) is 19.8. The number of pyridine rings is 1. The molecule has 2 aromatic heterocycles. The first-order chi connectivity index (χ1) is 13.4. The number of ether oxygens (including phenoxy) is 1. The quantitative estimate of drug-likeness (QED) is 0.707. The molecule has 3 rings (SSSR count). The number of carbonyl (C=O) groups is 2. The Kier molecular flexibility index (Phi) is 6.23. The molecule has 1 saturated carbocycles. The summed E-state index contributed by atoms with van der Waals surface area (Å²) >= 11 is 0. The Morgan fingerprint density at radius 2 is 2.04 bits per heavy atom. The molecule has 1 aliphatic carbocycles. The average molecular weight is 390 g/mol. The molecule has 2 heterocycles.